The van der Waals surface area contributed by atoms with E-state index in [-0.39, 0.29) is 6.03 Å². The molecule has 6 nitrogen and oxygen atoms in total. The van der Waals surface area contributed by atoms with Crippen LogP contribution in [-0.4, -0.2) is 29.0 Å². The van der Waals surface area contributed by atoms with Crippen LogP contribution in [0.3, 0.4) is 0 Å². The quantitative estimate of drug-likeness (QED) is 0.856. The minimum Gasteiger partial charge on any atom is -0.492 e. The molecule has 1 aliphatic carbocycles. The molecule has 0 spiro atoms. The van der Waals surface area contributed by atoms with E-state index in [2.05, 4.69) is 15.7 Å². The van der Waals surface area contributed by atoms with Crippen LogP contribution >= 0.6 is 0 Å². The van der Waals surface area contributed by atoms with E-state index in [1.165, 1.54) is 24.1 Å². The highest BCUT2D eigenvalue weighted by atomic mass is 16.5. The van der Waals surface area contributed by atoms with Gasteiger partial charge in [0.05, 0.1) is 25.0 Å². The maximum absolute atomic E-state index is 12.1. The number of aromatic nitrogens is 2. The first-order valence-corrected chi connectivity index (χ1v) is 8.58. The molecule has 24 heavy (non-hydrogen) atoms. The summed E-state index contributed by atoms with van der Waals surface area (Å²) < 4.78 is 7.52. The first-order valence-electron chi connectivity index (χ1n) is 8.58. The highest BCUT2D eigenvalue weighted by Crippen LogP contribution is 2.23. The van der Waals surface area contributed by atoms with E-state index in [4.69, 9.17) is 4.74 Å². The molecule has 0 bridgehead atoms. The van der Waals surface area contributed by atoms with E-state index in [0.29, 0.717) is 31.1 Å². The fourth-order valence-electron chi connectivity index (χ4n) is 3.04. The topological polar surface area (TPSA) is 68.2 Å². The molecule has 0 radical (unpaired) electrons. The zero-order valence-corrected chi connectivity index (χ0v) is 14.0. The summed E-state index contributed by atoms with van der Waals surface area (Å²) in [7, 11) is 0. The lowest BCUT2D eigenvalue weighted by Crippen LogP contribution is -2.32. The smallest absolute Gasteiger partial charge is 0.319 e. The Hall–Kier alpha value is -2.50. The fourth-order valence-corrected chi connectivity index (χ4v) is 3.04. The third kappa shape index (κ3) is 3.88. The number of para-hydroxylation sites is 2. The molecule has 0 saturated carbocycles. The van der Waals surface area contributed by atoms with E-state index < -0.39 is 0 Å². The predicted molar refractivity (Wildman–Crippen MR) is 93.5 cm³/mol. The maximum atomic E-state index is 12.1. The van der Waals surface area contributed by atoms with Crippen LogP contribution in [0.1, 0.15) is 31.0 Å². The van der Waals surface area contributed by atoms with Crippen molar-refractivity contribution in [3.63, 3.8) is 0 Å². The van der Waals surface area contributed by atoms with Crippen LogP contribution in [0, 0.1) is 0 Å². The normalized spacial score (nSPS) is 13.2. The number of hydrogen-bond donors (Lipinski definition) is 2. The number of amides is 2. The third-order valence-corrected chi connectivity index (χ3v) is 4.19. The number of fused-ring (bicyclic) bond motifs is 1. The number of benzene rings is 1. The van der Waals surface area contributed by atoms with Crippen molar-refractivity contribution < 1.29 is 9.53 Å². The first kappa shape index (κ1) is 16.4. The molecule has 2 amide bonds. The van der Waals surface area contributed by atoms with E-state index >= 15 is 0 Å². The fraction of sp³-hybridized carbons (Fsp3) is 0.444. The zero-order valence-electron chi connectivity index (χ0n) is 14.0. The third-order valence-electron chi connectivity index (χ3n) is 4.19. The van der Waals surface area contributed by atoms with Gasteiger partial charge in [-0.25, -0.2) is 4.79 Å². The highest BCUT2D eigenvalue weighted by Gasteiger charge is 2.14. The van der Waals surface area contributed by atoms with Crippen molar-refractivity contribution in [2.24, 2.45) is 0 Å². The second-order valence-electron chi connectivity index (χ2n) is 5.86. The Morgan fingerprint density at radius 3 is 3.00 bits per heavy atom. The van der Waals surface area contributed by atoms with Crippen LogP contribution < -0.4 is 15.4 Å². The van der Waals surface area contributed by atoms with Gasteiger partial charge in [-0.1, -0.05) is 12.1 Å². The van der Waals surface area contributed by atoms with Gasteiger partial charge in [0, 0.05) is 12.2 Å². The molecule has 0 aliphatic heterocycles. The standard InChI is InChI=1S/C18H24N4O2/c1-2-24-17-10-6-4-8-15(17)21-18(23)19-11-12-22-16-9-5-3-7-14(16)13-20-22/h4,6,8,10,13H,2-3,5,7,9,11-12H2,1H3,(H2,19,21,23). The van der Waals surface area contributed by atoms with Crippen LogP contribution in [-0.2, 0) is 19.4 Å². The molecule has 1 heterocycles. The lowest BCUT2D eigenvalue weighted by molar-refractivity contribution is 0.251. The van der Waals surface area contributed by atoms with E-state index in [0.717, 1.165) is 12.8 Å². The van der Waals surface area contributed by atoms with Gasteiger partial charge in [-0.15, -0.1) is 0 Å². The van der Waals surface area contributed by atoms with Gasteiger partial charge in [-0.2, -0.15) is 5.10 Å². The number of aryl methyl sites for hydroxylation is 1. The highest BCUT2D eigenvalue weighted by molar-refractivity contribution is 5.90. The number of rotatable bonds is 6. The van der Waals surface area contributed by atoms with Crippen LogP contribution in [0.5, 0.6) is 5.75 Å². The Labute approximate surface area is 142 Å². The molecule has 0 fully saturated rings. The first-order chi connectivity index (χ1) is 11.8. The van der Waals surface area contributed by atoms with Crippen molar-refractivity contribution >= 4 is 11.7 Å². The zero-order chi connectivity index (χ0) is 16.8. The average molecular weight is 328 g/mol. The Morgan fingerprint density at radius 1 is 1.29 bits per heavy atom. The van der Waals surface area contributed by atoms with Gasteiger partial charge in [0.1, 0.15) is 5.75 Å². The average Bonchev–Trinajstić information content (AvgIpc) is 3.00. The number of carbonyl (C=O) groups is 1. The minimum absolute atomic E-state index is 0.233. The van der Waals surface area contributed by atoms with Gasteiger partial charge in [0.15, 0.2) is 0 Å². The Kier molecular flexibility index (Phi) is 5.36. The molecule has 2 aromatic rings. The largest absolute Gasteiger partial charge is 0.492 e. The molecule has 6 heteroatoms. The number of anilines is 1. The number of hydrogen-bond acceptors (Lipinski definition) is 3. The van der Waals surface area contributed by atoms with E-state index in [9.17, 15) is 4.79 Å². The second kappa shape index (κ2) is 7.86. The van der Waals surface area contributed by atoms with Crippen molar-refractivity contribution in [2.45, 2.75) is 39.2 Å². The van der Waals surface area contributed by atoms with Crippen molar-refractivity contribution in [1.29, 1.82) is 0 Å². The van der Waals surface area contributed by atoms with Crippen LogP contribution in [0.4, 0.5) is 10.5 Å². The molecular formula is C18H24N4O2. The SMILES string of the molecule is CCOc1ccccc1NC(=O)NCCn1ncc2c1CCCC2. The molecule has 128 valence electrons. The summed E-state index contributed by atoms with van der Waals surface area (Å²) in [6, 6.07) is 7.19. The molecule has 1 aromatic heterocycles. The molecule has 2 N–H and O–H groups in total. The summed E-state index contributed by atoms with van der Waals surface area (Å²) in [6.07, 6.45) is 6.65. The Balaban J connectivity index is 1.50. The van der Waals surface area contributed by atoms with Crippen molar-refractivity contribution in [3.05, 3.63) is 41.7 Å². The summed E-state index contributed by atoms with van der Waals surface area (Å²) >= 11 is 0. The monoisotopic (exact) mass is 328 g/mol. The van der Waals surface area contributed by atoms with Gasteiger partial charge in [0.2, 0.25) is 0 Å². The molecular weight excluding hydrogens is 304 g/mol. The van der Waals surface area contributed by atoms with Crippen LogP contribution in [0.2, 0.25) is 0 Å². The molecule has 1 aromatic carbocycles. The summed E-state index contributed by atoms with van der Waals surface area (Å²) in [6.45, 7) is 3.71. The van der Waals surface area contributed by atoms with Crippen molar-refractivity contribution in [2.75, 3.05) is 18.5 Å². The number of carbonyl (C=O) groups excluding carboxylic acids is 1. The van der Waals surface area contributed by atoms with Gasteiger partial charge in [0.25, 0.3) is 0 Å². The summed E-state index contributed by atoms with van der Waals surface area (Å²) in [5.74, 6) is 0.677. The molecule has 0 unspecified atom stereocenters. The van der Waals surface area contributed by atoms with Crippen LogP contribution in [0.15, 0.2) is 30.5 Å². The number of ether oxygens (including phenoxy) is 1. The van der Waals surface area contributed by atoms with Crippen molar-refractivity contribution in [1.82, 2.24) is 15.1 Å². The lowest BCUT2D eigenvalue weighted by Gasteiger charge is -2.15. The second-order valence-corrected chi connectivity index (χ2v) is 5.86. The molecule has 1 aliphatic rings. The van der Waals surface area contributed by atoms with Gasteiger partial charge in [-0.3, -0.25) is 4.68 Å². The maximum Gasteiger partial charge on any atom is 0.319 e. The molecule has 0 atom stereocenters. The Morgan fingerprint density at radius 2 is 2.12 bits per heavy atom. The lowest BCUT2D eigenvalue weighted by atomic mass is 9.98. The van der Waals surface area contributed by atoms with Crippen molar-refractivity contribution in [3.8, 4) is 5.75 Å². The molecule has 0 saturated heterocycles. The number of nitrogens with one attached hydrogen (secondary N) is 2. The van der Waals surface area contributed by atoms with Gasteiger partial charge in [-0.05, 0) is 50.3 Å². The number of urea groups is 1. The Bertz CT molecular complexity index is 696. The van der Waals surface area contributed by atoms with E-state index in [1.54, 1.807) is 0 Å². The summed E-state index contributed by atoms with van der Waals surface area (Å²) in [4.78, 5) is 12.1. The minimum atomic E-state index is -0.233. The number of nitrogens with zero attached hydrogens (tertiary/aromatic N) is 2. The van der Waals surface area contributed by atoms with Gasteiger partial charge >= 0.3 is 6.03 Å². The summed E-state index contributed by atoms with van der Waals surface area (Å²) in [5, 5.41) is 10.2. The predicted octanol–water partition coefficient (Wildman–Crippen LogP) is 2.98. The molecule has 3 rings (SSSR count). The van der Waals surface area contributed by atoms with Gasteiger partial charge < -0.3 is 15.4 Å². The van der Waals surface area contributed by atoms with E-state index in [1.807, 2.05) is 42.1 Å². The summed E-state index contributed by atoms with van der Waals surface area (Å²) in [5.41, 5.74) is 3.36. The van der Waals surface area contributed by atoms with Crippen LogP contribution in [0.25, 0.3) is 0 Å².